The molecule has 1 aliphatic rings. The third-order valence-electron chi connectivity index (χ3n) is 6.04. The number of hydrogen-bond acceptors (Lipinski definition) is 4. The van der Waals surface area contributed by atoms with Crippen LogP contribution in [0.25, 0.3) is 10.9 Å². The molecule has 4 rings (SSSR count). The molecule has 160 valence electrons. The van der Waals surface area contributed by atoms with Gasteiger partial charge in [0, 0.05) is 35.1 Å². The average molecular weight is 418 g/mol. The van der Waals surface area contributed by atoms with Crippen molar-refractivity contribution in [1.82, 2.24) is 9.88 Å². The maximum absolute atomic E-state index is 13.0. The fourth-order valence-corrected chi connectivity index (χ4v) is 4.30. The Hall–Kier alpha value is -3.41. The molecule has 1 amide bonds. The summed E-state index contributed by atoms with van der Waals surface area (Å²) in [6.45, 7) is 5.66. The van der Waals surface area contributed by atoms with E-state index in [1.165, 1.54) is 0 Å². The van der Waals surface area contributed by atoms with Crippen LogP contribution in [0.1, 0.15) is 47.9 Å². The van der Waals surface area contributed by atoms with Gasteiger partial charge < -0.3 is 14.6 Å². The second-order valence-electron chi connectivity index (χ2n) is 8.15. The number of carbonyl (C=O) groups excluding carboxylic acids is 3. The Morgan fingerprint density at radius 3 is 2.48 bits per heavy atom. The predicted octanol–water partition coefficient (Wildman–Crippen LogP) is 4.20. The molecule has 0 aliphatic carbocycles. The lowest BCUT2D eigenvalue weighted by Gasteiger charge is -2.25. The van der Waals surface area contributed by atoms with Crippen molar-refractivity contribution in [2.75, 3.05) is 6.54 Å². The zero-order chi connectivity index (χ0) is 22.1. The molecule has 1 aliphatic heterocycles. The summed E-state index contributed by atoms with van der Waals surface area (Å²) >= 11 is 0. The third kappa shape index (κ3) is 3.98. The van der Waals surface area contributed by atoms with E-state index in [2.05, 4.69) is 4.98 Å². The number of Topliss-reactive ketones (excluding diaryl/α,β-unsaturated/α-hetero) is 1. The van der Waals surface area contributed by atoms with E-state index in [1.807, 2.05) is 68.4 Å². The highest BCUT2D eigenvalue weighted by molar-refractivity contribution is 6.11. The largest absolute Gasteiger partial charge is 0.454 e. The van der Waals surface area contributed by atoms with E-state index in [1.54, 1.807) is 11.8 Å². The molecule has 1 saturated heterocycles. The minimum absolute atomic E-state index is 0.0789. The van der Waals surface area contributed by atoms with Crippen molar-refractivity contribution in [3.05, 3.63) is 71.4 Å². The summed E-state index contributed by atoms with van der Waals surface area (Å²) in [5.41, 5.74) is 3.17. The number of aromatic nitrogens is 1. The van der Waals surface area contributed by atoms with E-state index in [4.69, 9.17) is 4.74 Å². The van der Waals surface area contributed by atoms with Crippen LogP contribution in [0, 0.1) is 12.8 Å². The van der Waals surface area contributed by atoms with Crippen LogP contribution < -0.4 is 0 Å². The maximum Gasteiger partial charge on any atom is 0.311 e. The summed E-state index contributed by atoms with van der Waals surface area (Å²) in [7, 11) is 0. The van der Waals surface area contributed by atoms with E-state index in [0.717, 1.165) is 22.2 Å². The lowest BCUT2D eigenvalue weighted by atomic mass is 10.0. The van der Waals surface area contributed by atoms with Crippen LogP contribution in [0.5, 0.6) is 0 Å². The number of benzene rings is 2. The predicted molar refractivity (Wildman–Crippen MR) is 118 cm³/mol. The first-order valence-electron chi connectivity index (χ1n) is 10.5. The SMILES string of the molecule is Cc1[nH]c2ccccc2c1C(=O)[C@H](C)OC(=O)[C@@H]1CC(=O)N([C@@H](C)c2ccccc2)C1. The first-order chi connectivity index (χ1) is 14.9. The Bertz CT molecular complexity index is 1130. The van der Waals surface area contributed by atoms with Gasteiger partial charge in [0.15, 0.2) is 6.10 Å². The summed E-state index contributed by atoms with van der Waals surface area (Å²) in [6, 6.07) is 17.1. The smallest absolute Gasteiger partial charge is 0.311 e. The lowest BCUT2D eigenvalue weighted by Crippen LogP contribution is -2.31. The molecule has 6 nitrogen and oxygen atoms in total. The van der Waals surface area contributed by atoms with Crippen LogP contribution in [-0.2, 0) is 14.3 Å². The molecule has 6 heteroatoms. The van der Waals surface area contributed by atoms with Crippen molar-refractivity contribution in [3.8, 4) is 0 Å². The number of ketones is 1. The van der Waals surface area contributed by atoms with Crippen molar-refractivity contribution in [2.24, 2.45) is 5.92 Å². The normalized spacial score (nSPS) is 18.2. The van der Waals surface area contributed by atoms with Gasteiger partial charge in [0.2, 0.25) is 11.7 Å². The zero-order valence-corrected chi connectivity index (χ0v) is 17.9. The monoisotopic (exact) mass is 418 g/mol. The first kappa shape index (κ1) is 20.8. The molecule has 31 heavy (non-hydrogen) atoms. The van der Waals surface area contributed by atoms with E-state index in [9.17, 15) is 14.4 Å². The molecule has 0 spiro atoms. The van der Waals surface area contributed by atoms with Gasteiger partial charge in [-0.1, -0.05) is 48.5 Å². The van der Waals surface area contributed by atoms with Crippen molar-refractivity contribution in [3.63, 3.8) is 0 Å². The molecule has 1 aromatic heterocycles. The van der Waals surface area contributed by atoms with Crippen LogP contribution in [0.2, 0.25) is 0 Å². The molecule has 3 aromatic rings. The van der Waals surface area contributed by atoms with Gasteiger partial charge in [-0.15, -0.1) is 0 Å². The molecule has 1 fully saturated rings. The number of rotatable bonds is 6. The number of carbonyl (C=O) groups is 3. The van der Waals surface area contributed by atoms with Gasteiger partial charge in [-0.2, -0.15) is 0 Å². The van der Waals surface area contributed by atoms with Crippen LogP contribution in [0.3, 0.4) is 0 Å². The van der Waals surface area contributed by atoms with Gasteiger partial charge in [-0.3, -0.25) is 14.4 Å². The number of nitrogens with one attached hydrogen (secondary N) is 1. The summed E-state index contributed by atoms with van der Waals surface area (Å²) in [6.07, 6.45) is -0.829. The molecule has 0 bridgehead atoms. The minimum Gasteiger partial charge on any atom is -0.454 e. The van der Waals surface area contributed by atoms with E-state index >= 15 is 0 Å². The second kappa shape index (κ2) is 8.38. The number of esters is 1. The lowest BCUT2D eigenvalue weighted by molar-refractivity contribution is -0.151. The molecule has 2 heterocycles. The maximum atomic E-state index is 13.0. The highest BCUT2D eigenvalue weighted by Crippen LogP contribution is 2.30. The molecular weight excluding hydrogens is 392 g/mol. The standard InChI is InChI=1S/C25H26N2O4/c1-15-23(20-11-7-8-12-21(20)26-15)24(29)17(3)31-25(30)19-13-22(28)27(14-19)16(2)18-9-5-4-6-10-18/h4-12,16-17,19,26H,13-14H2,1-3H3/t16-,17-,19+/m0/s1. The van der Waals surface area contributed by atoms with E-state index in [-0.39, 0.29) is 24.2 Å². The highest BCUT2D eigenvalue weighted by atomic mass is 16.5. The van der Waals surface area contributed by atoms with Gasteiger partial charge in [0.05, 0.1) is 12.0 Å². The topological polar surface area (TPSA) is 79.5 Å². The summed E-state index contributed by atoms with van der Waals surface area (Å²) in [4.78, 5) is 43.3. The van der Waals surface area contributed by atoms with Gasteiger partial charge in [-0.25, -0.2) is 0 Å². The average Bonchev–Trinajstić information content (AvgIpc) is 3.32. The number of H-pyrrole nitrogens is 1. The number of para-hydroxylation sites is 1. The number of aryl methyl sites for hydroxylation is 1. The van der Waals surface area contributed by atoms with Gasteiger partial charge in [0.25, 0.3) is 0 Å². The summed E-state index contributed by atoms with van der Waals surface area (Å²) in [5.74, 6) is -1.40. The third-order valence-corrected chi connectivity index (χ3v) is 6.04. The van der Waals surface area contributed by atoms with Crippen LogP contribution >= 0.6 is 0 Å². The van der Waals surface area contributed by atoms with Gasteiger partial charge in [-0.05, 0) is 32.4 Å². The Morgan fingerprint density at radius 1 is 1.06 bits per heavy atom. The number of fused-ring (bicyclic) bond motifs is 1. The molecule has 0 saturated carbocycles. The fourth-order valence-electron chi connectivity index (χ4n) is 4.30. The molecule has 3 atom stereocenters. The number of aromatic amines is 1. The fraction of sp³-hybridized carbons (Fsp3) is 0.320. The van der Waals surface area contributed by atoms with Crippen molar-refractivity contribution in [1.29, 1.82) is 0 Å². The molecule has 0 radical (unpaired) electrons. The molecule has 1 N–H and O–H groups in total. The first-order valence-corrected chi connectivity index (χ1v) is 10.5. The Kier molecular flexibility index (Phi) is 5.63. The summed E-state index contributed by atoms with van der Waals surface area (Å²) < 4.78 is 5.52. The zero-order valence-electron chi connectivity index (χ0n) is 17.9. The number of amides is 1. The van der Waals surface area contributed by atoms with E-state index in [0.29, 0.717) is 12.1 Å². The number of ether oxygens (including phenoxy) is 1. The van der Waals surface area contributed by atoms with Crippen molar-refractivity contribution in [2.45, 2.75) is 39.3 Å². The Morgan fingerprint density at radius 2 is 1.74 bits per heavy atom. The number of hydrogen-bond donors (Lipinski definition) is 1. The Labute approximate surface area is 181 Å². The van der Waals surface area contributed by atoms with Crippen molar-refractivity contribution >= 4 is 28.6 Å². The highest BCUT2D eigenvalue weighted by Gasteiger charge is 2.39. The minimum atomic E-state index is -0.930. The van der Waals surface area contributed by atoms with Crippen LogP contribution in [0.4, 0.5) is 0 Å². The second-order valence-corrected chi connectivity index (χ2v) is 8.15. The molecule has 2 aromatic carbocycles. The van der Waals surface area contributed by atoms with Crippen LogP contribution in [0.15, 0.2) is 54.6 Å². The Balaban J connectivity index is 1.44. The number of likely N-dealkylation sites (tertiary alicyclic amines) is 1. The quantitative estimate of drug-likeness (QED) is 0.481. The summed E-state index contributed by atoms with van der Waals surface area (Å²) in [5, 5.41) is 0.812. The van der Waals surface area contributed by atoms with Crippen molar-refractivity contribution < 1.29 is 19.1 Å². The number of nitrogens with zero attached hydrogens (tertiary/aromatic N) is 1. The molecule has 0 unspecified atom stereocenters. The molecular formula is C25H26N2O4. The van der Waals surface area contributed by atoms with Gasteiger partial charge >= 0.3 is 5.97 Å². The van der Waals surface area contributed by atoms with E-state index < -0.39 is 18.0 Å². The van der Waals surface area contributed by atoms with Gasteiger partial charge in [0.1, 0.15) is 0 Å². The van der Waals surface area contributed by atoms with Crippen LogP contribution in [-0.4, -0.2) is 40.2 Å².